The number of nitrogens with zero attached hydrogens (tertiary/aromatic N) is 2. The lowest BCUT2D eigenvalue weighted by Crippen LogP contribution is -2.15. The monoisotopic (exact) mass is 287 g/mol. The molecule has 1 N–H and O–H groups in total. The maximum Gasteiger partial charge on any atom is 0.230 e. The summed E-state index contributed by atoms with van der Waals surface area (Å²) in [4.78, 5) is 15.9. The molecule has 3 aromatic rings. The third kappa shape index (κ3) is 2.48. The molecule has 1 amide bonds. The zero-order valence-corrected chi connectivity index (χ0v) is 11.1. The Hall–Kier alpha value is -2.40. The van der Waals surface area contributed by atoms with Gasteiger partial charge in [-0.2, -0.15) is 0 Å². The Morgan fingerprint density at radius 3 is 2.95 bits per heavy atom. The summed E-state index contributed by atoms with van der Waals surface area (Å²) in [6, 6.07) is 10.8. The van der Waals surface area contributed by atoms with E-state index in [0.29, 0.717) is 17.0 Å². The molecule has 2 aromatic heterocycles. The zero-order chi connectivity index (χ0) is 13.9. The maximum absolute atomic E-state index is 12.0. The molecule has 1 aromatic carbocycles. The average molecular weight is 288 g/mol. The molecule has 0 unspecified atom stereocenters. The van der Waals surface area contributed by atoms with E-state index >= 15 is 0 Å². The Labute approximate surface area is 119 Å². The van der Waals surface area contributed by atoms with Gasteiger partial charge in [-0.1, -0.05) is 28.9 Å². The van der Waals surface area contributed by atoms with Crippen molar-refractivity contribution in [3.63, 3.8) is 0 Å². The second-order valence-corrected chi connectivity index (χ2v) is 4.55. The first-order valence-corrected chi connectivity index (χ1v) is 6.35. The van der Waals surface area contributed by atoms with Gasteiger partial charge < -0.3 is 9.84 Å². The third-order valence-electron chi connectivity index (χ3n) is 2.81. The molecule has 0 atom stereocenters. The van der Waals surface area contributed by atoms with Crippen LogP contribution in [0.5, 0.6) is 0 Å². The van der Waals surface area contributed by atoms with Gasteiger partial charge in [-0.25, -0.2) is 4.98 Å². The summed E-state index contributed by atoms with van der Waals surface area (Å²) < 4.78 is 5.16. The van der Waals surface area contributed by atoms with Crippen molar-refractivity contribution in [2.45, 2.75) is 6.42 Å². The number of pyridine rings is 1. The van der Waals surface area contributed by atoms with Crippen LogP contribution in [0.25, 0.3) is 11.0 Å². The van der Waals surface area contributed by atoms with Gasteiger partial charge in [0.15, 0.2) is 10.7 Å². The van der Waals surface area contributed by atoms with E-state index in [9.17, 15) is 4.79 Å². The highest BCUT2D eigenvalue weighted by Gasteiger charge is 2.13. The second-order valence-electron chi connectivity index (χ2n) is 4.19. The summed E-state index contributed by atoms with van der Waals surface area (Å²) in [5, 5.41) is 7.70. The second kappa shape index (κ2) is 5.30. The normalized spacial score (nSPS) is 10.7. The van der Waals surface area contributed by atoms with Crippen LogP contribution in [0, 0.1) is 0 Å². The molecule has 5 nitrogen and oxygen atoms in total. The molecular weight excluding hydrogens is 278 g/mol. The number of para-hydroxylation sites is 1. The number of amides is 1. The van der Waals surface area contributed by atoms with Crippen molar-refractivity contribution in [2.75, 3.05) is 5.32 Å². The Balaban J connectivity index is 1.78. The number of halogens is 1. The molecule has 0 radical (unpaired) electrons. The fourth-order valence-corrected chi connectivity index (χ4v) is 2.06. The minimum atomic E-state index is -0.223. The minimum Gasteiger partial charge on any atom is -0.356 e. The molecule has 3 rings (SSSR count). The van der Waals surface area contributed by atoms with Gasteiger partial charge >= 0.3 is 0 Å². The SMILES string of the molecule is O=C(Cc1noc2ccccc12)Nc1cccnc1Cl. The van der Waals surface area contributed by atoms with Crippen LogP contribution in [-0.4, -0.2) is 16.0 Å². The van der Waals surface area contributed by atoms with Crippen LogP contribution >= 0.6 is 11.6 Å². The molecule has 6 heteroatoms. The highest BCUT2D eigenvalue weighted by atomic mass is 35.5. The number of aromatic nitrogens is 2. The van der Waals surface area contributed by atoms with E-state index in [1.807, 2.05) is 24.3 Å². The van der Waals surface area contributed by atoms with Crippen LogP contribution in [0.2, 0.25) is 5.15 Å². The Morgan fingerprint density at radius 1 is 1.25 bits per heavy atom. The smallest absolute Gasteiger partial charge is 0.230 e. The van der Waals surface area contributed by atoms with Gasteiger partial charge in [-0.3, -0.25) is 4.79 Å². The molecule has 20 heavy (non-hydrogen) atoms. The number of hydrogen-bond donors (Lipinski definition) is 1. The molecule has 100 valence electrons. The van der Waals surface area contributed by atoms with Crippen LogP contribution < -0.4 is 5.32 Å². The van der Waals surface area contributed by atoms with Crippen LogP contribution in [0.1, 0.15) is 5.69 Å². The molecule has 0 saturated carbocycles. The van der Waals surface area contributed by atoms with Crippen molar-refractivity contribution in [1.29, 1.82) is 0 Å². The molecule has 0 aliphatic carbocycles. The number of hydrogen-bond acceptors (Lipinski definition) is 4. The predicted octanol–water partition coefficient (Wildman–Crippen LogP) is 3.06. The molecule has 0 bridgehead atoms. The first kappa shape index (κ1) is 12.6. The van der Waals surface area contributed by atoms with E-state index in [2.05, 4.69) is 15.5 Å². The van der Waals surface area contributed by atoms with Gasteiger partial charge in [-0.15, -0.1) is 0 Å². The maximum atomic E-state index is 12.0. The lowest BCUT2D eigenvalue weighted by molar-refractivity contribution is -0.115. The lowest BCUT2D eigenvalue weighted by atomic mass is 10.1. The molecule has 0 spiro atoms. The van der Waals surface area contributed by atoms with Gasteiger partial charge in [0.25, 0.3) is 0 Å². The summed E-state index contributed by atoms with van der Waals surface area (Å²) >= 11 is 5.89. The average Bonchev–Trinajstić information content (AvgIpc) is 2.85. The van der Waals surface area contributed by atoms with Crippen molar-refractivity contribution >= 4 is 34.2 Å². The minimum absolute atomic E-state index is 0.113. The summed E-state index contributed by atoms with van der Waals surface area (Å²) in [6.07, 6.45) is 1.67. The first-order chi connectivity index (χ1) is 9.74. The molecule has 2 heterocycles. The van der Waals surface area contributed by atoms with E-state index in [1.54, 1.807) is 18.3 Å². The van der Waals surface area contributed by atoms with E-state index in [0.717, 1.165) is 5.39 Å². The molecule has 0 saturated heterocycles. The largest absolute Gasteiger partial charge is 0.356 e. The van der Waals surface area contributed by atoms with E-state index in [1.165, 1.54) is 0 Å². The number of carbonyl (C=O) groups is 1. The Bertz CT molecular complexity index is 770. The van der Waals surface area contributed by atoms with Crippen LogP contribution in [0.4, 0.5) is 5.69 Å². The summed E-state index contributed by atoms with van der Waals surface area (Å²) in [7, 11) is 0. The van der Waals surface area contributed by atoms with Gasteiger partial charge in [0.1, 0.15) is 5.69 Å². The number of rotatable bonds is 3. The van der Waals surface area contributed by atoms with E-state index < -0.39 is 0 Å². The lowest BCUT2D eigenvalue weighted by Gasteiger charge is -2.04. The summed E-state index contributed by atoms with van der Waals surface area (Å²) in [5.74, 6) is -0.223. The highest BCUT2D eigenvalue weighted by molar-refractivity contribution is 6.32. The Morgan fingerprint density at radius 2 is 2.10 bits per heavy atom. The highest BCUT2D eigenvalue weighted by Crippen LogP contribution is 2.20. The third-order valence-corrected chi connectivity index (χ3v) is 3.11. The quantitative estimate of drug-likeness (QED) is 0.752. The van der Waals surface area contributed by atoms with Crippen molar-refractivity contribution in [2.24, 2.45) is 0 Å². The van der Waals surface area contributed by atoms with Crippen molar-refractivity contribution in [3.8, 4) is 0 Å². The first-order valence-electron chi connectivity index (χ1n) is 5.98. The van der Waals surface area contributed by atoms with Crippen LogP contribution in [0.15, 0.2) is 47.1 Å². The number of nitrogens with one attached hydrogen (secondary N) is 1. The number of anilines is 1. The standard InChI is InChI=1S/C14H10ClN3O2/c15-14-10(5-3-7-16-14)17-13(19)8-11-9-4-1-2-6-12(9)20-18-11/h1-7H,8H2,(H,17,19). The fourth-order valence-electron chi connectivity index (χ4n) is 1.89. The van der Waals surface area contributed by atoms with Gasteiger partial charge in [0.05, 0.1) is 12.1 Å². The summed E-state index contributed by atoms with van der Waals surface area (Å²) in [6.45, 7) is 0. The topological polar surface area (TPSA) is 68.0 Å². The van der Waals surface area contributed by atoms with Crippen molar-refractivity contribution in [3.05, 3.63) is 53.4 Å². The molecule has 0 fully saturated rings. The van der Waals surface area contributed by atoms with E-state index in [-0.39, 0.29) is 17.5 Å². The molecule has 0 aliphatic rings. The number of fused-ring (bicyclic) bond motifs is 1. The van der Waals surface area contributed by atoms with Gasteiger partial charge in [0.2, 0.25) is 5.91 Å². The molecular formula is C14H10ClN3O2. The van der Waals surface area contributed by atoms with Gasteiger partial charge in [0, 0.05) is 11.6 Å². The van der Waals surface area contributed by atoms with Crippen molar-refractivity contribution < 1.29 is 9.32 Å². The van der Waals surface area contributed by atoms with Gasteiger partial charge in [-0.05, 0) is 24.3 Å². The zero-order valence-electron chi connectivity index (χ0n) is 10.3. The number of benzene rings is 1. The van der Waals surface area contributed by atoms with E-state index in [4.69, 9.17) is 16.1 Å². The van der Waals surface area contributed by atoms with Crippen molar-refractivity contribution in [1.82, 2.24) is 10.1 Å². The number of carbonyl (C=O) groups excluding carboxylic acids is 1. The van der Waals surface area contributed by atoms with Crippen LogP contribution in [0.3, 0.4) is 0 Å². The van der Waals surface area contributed by atoms with Crippen LogP contribution in [-0.2, 0) is 11.2 Å². The Kier molecular flexibility index (Phi) is 3.35. The predicted molar refractivity (Wildman–Crippen MR) is 75.6 cm³/mol. The summed E-state index contributed by atoms with van der Waals surface area (Å²) in [5.41, 5.74) is 1.74. The molecule has 0 aliphatic heterocycles. The fraction of sp³-hybridized carbons (Fsp3) is 0.0714.